The van der Waals surface area contributed by atoms with E-state index in [1.807, 2.05) is 7.05 Å². The Morgan fingerprint density at radius 3 is 2.46 bits per heavy atom. The lowest BCUT2D eigenvalue weighted by Gasteiger charge is -2.21. The van der Waals surface area contributed by atoms with E-state index in [4.69, 9.17) is 0 Å². The van der Waals surface area contributed by atoms with Crippen molar-refractivity contribution in [2.45, 2.75) is 45.1 Å². The predicted octanol–water partition coefficient (Wildman–Crippen LogP) is 1.86. The van der Waals surface area contributed by atoms with Crippen molar-refractivity contribution in [1.82, 2.24) is 10.2 Å². The predicted molar refractivity (Wildman–Crippen MR) is 58.0 cm³/mol. The van der Waals surface area contributed by atoms with E-state index >= 15 is 0 Å². The Labute approximate surface area is 82.7 Å². The van der Waals surface area contributed by atoms with E-state index in [1.54, 1.807) is 0 Å². The molecule has 1 N–H and O–H groups in total. The van der Waals surface area contributed by atoms with Gasteiger partial charge in [0.15, 0.2) is 0 Å². The molecule has 0 heterocycles. The van der Waals surface area contributed by atoms with E-state index in [-0.39, 0.29) is 0 Å². The lowest BCUT2D eigenvalue weighted by atomic mass is 10.3. The lowest BCUT2D eigenvalue weighted by Crippen LogP contribution is -2.29. The molecule has 0 aromatic rings. The molecule has 13 heavy (non-hydrogen) atoms. The number of hydrogen-bond donors (Lipinski definition) is 1. The average Bonchev–Trinajstić information content (AvgIpc) is 2.94. The smallest absolute Gasteiger partial charge is 0.00964 e. The summed E-state index contributed by atoms with van der Waals surface area (Å²) in [7, 11) is 2.04. The van der Waals surface area contributed by atoms with Crippen LogP contribution in [0.2, 0.25) is 0 Å². The van der Waals surface area contributed by atoms with Crippen molar-refractivity contribution >= 4 is 0 Å². The number of nitrogens with zero attached hydrogens (tertiary/aromatic N) is 1. The van der Waals surface area contributed by atoms with Crippen LogP contribution in [0.15, 0.2) is 0 Å². The van der Waals surface area contributed by atoms with E-state index < -0.39 is 0 Å². The third kappa shape index (κ3) is 4.63. The van der Waals surface area contributed by atoms with Crippen LogP contribution in [0.1, 0.15) is 39.0 Å². The molecular weight excluding hydrogens is 160 g/mol. The fraction of sp³-hybridized carbons (Fsp3) is 1.00. The third-order valence-electron chi connectivity index (χ3n) is 2.73. The summed E-state index contributed by atoms with van der Waals surface area (Å²) in [6.07, 6.45) is 6.90. The molecule has 0 unspecified atom stereocenters. The van der Waals surface area contributed by atoms with Gasteiger partial charge in [-0.3, -0.25) is 0 Å². The molecule has 0 aromatic heterocycles. The molecule has 0 aromatic carbocycles. The molecule has 1 aliphatic carbocycles. The number of rotatable bonds is 8. The summed E-state index contributed by atoms with van der Waals surface area (Å²) in [5.74, 6) is 0. The van der Waals surface area contributed by atoms with Gasteiger partial charge in [0.1, 0.15) is 0 Å². The van der Waals surface area contributed by atoms with Crippen LogP contribution in [0, 0.1) is 0 Å². The molecule has 1 rings (SSSR count). The van der Waals surface area contributed by atoms with E-state index in [9.17, 15) is 0 Å². The maximum atomic E-state index is 3.21. The van der Waals surface area contributed by atoms with Crippen LogP contribution < -0.4 is 5.32 Å². The van der Waals surface area contributed by atoms with Crippen LogP contribution in [0.4, 0.5) is 0 Å². The van der Waals surface area contributed by atoms with E-state index in [0.29, 0.717) is 0 Å². The van der Waals surface area contributed by atoms with E-state index in [1.165, 1.54) is 45.2 Å². The van der Waals surface area contributed by atoms with Crippen LogP contribution in [0.25, 0.3) is 0 Å². The van der Waals surface area contributed by atoms with Gasteiger partial charge in [-0.15, -0.1) is 0 Å². The van der Waals surface area contributed by atoms with Crippen LogP contribution in [-0.2, 0) is 0 Å². The minimum absolute atomic E-state index is 0.948. The highest BCUT2D eigenvalue weighted by molar-refractivity contribution is 4.84. The van der Waals surface area contributed by atoms with Gasteiger partial charge in [-0.25, -0.2) is 0 Å². The summed E-state index contributed by atoms with van der Waals surface area (Å²) >= 11 is 0. The SMILES string of the molecule is CCCCN(CCCNC)C1CC1. The van der Waals surface area contributed by atoms with Gasteiger partial charge in [-0.1, -0.05) is 13.3 Å². The zero-order valence-electron chi connectivity index (χ0n) is 9.18. The fourth-order valence-electron chi connectivity index (χ4n) is 1.74. The normalized spacial score (nSPS) is 16.8. The Balaban J connectivity index is 2.06. The second kappa shape index (κ2) is 6.39. The minimum Gasteiger partial charge on any atom is -0.320 e. The highest BCUT2D eigenvalue weighted by Gasteiger charge is 2.27. The first-order chi connectivity index (χ1) is 6.38. The standard InChI is InChI=1S/C11H24N2/c1-3-4-9-13(11-6-7-11)10-5-8-12-2/h11-12H,3-10H2,1-2H3. The maximum Gasteiger partial charge on any atom is 0.00964 e. The Hall–Kier alpha value is -0.0800. The van der Waals surface area contributed by atoms with Crippen molar-refractivity contribution in [2.24, 2.45) is 0 Å². The molecule has 0 amide bonds. The lowest BCUT2D eigenvalue weighted by molar-refractivity contribution is 0.256. The first kappa shape index (κ1) is 11.0. The average molecular weight is 184 g/mol. The molecule has 0 saturated heterocycles. The highest BCUT2D eigenvalue weighted by Crippen LogP contribution is 2.26. The number of nitrogens with one attached hydrogen (secondary N) is 1. The largest absolute Gasteiger partial charge is 0.320 e. The first-order valence-electron chi connectivity index (χ1n) is 5.77. The van der Waals surface area contributed by atoms with Gasteiger partial charge in [0, 0.05) is 6.04 Å². The van der Waals surface area contributed by atoms with Crippen LogP contribution in [0.5, 0.6) is 0 Å². The molecule has 0 spiro atoms. The molecule has 2 nitrogen and oxygen atoms in total. The van der Waals surface area contributed by atoms with Crippen molar-refractivity contribution in [3.05, 3.63) is 0 Å². The van der Waals surface area contributed by atoms with Crippen molar-refractivity contribution in [3.63, 3.8) is 0 Å². The van der Waals surface area contributed by atoms with Gasteiger partial charge in [-0.05, 0) is 52.4 Å². The Morgan fingerprint density at radius 1 is 1.23 bits per heavy atom. The molecule has 1 aliphatic rings. The summed E-state index contributed by atoms with van der Waals surface area (Å²) in [5.41, 5.74) is 0. The van der Waals surface area contributed by atoms with Crippen molar-refractivity contribution in [2.75, 3.05) is 26.7 Å². The zero-order chi connectivity index (χ0) is 9.52. The molecule has 0 bridgehead atoms. The maximum absolute atomic E-state index is 3.21. The number of hydrogen-bond acceptors (Lipinski definition) is 2. The van der Waals surface area contributed by atoms with Gasteiger partial charge in [0.25, 0.3) is 0 Å². The van der Waals surface area contributed by atoms with Crippen LogP contribution in [0.3, 0.4) is 0 Å². The Kier molecular flexibility index (Phi) is 5.40. The summed E-state index contributed by atoms with van der Waals surface area (Å²) in [6.45, 7) is 6.06. The van der Waals surface area contributed by atoms with Gasteiger partial charge in [-0.2, -0.15) is 0 Å². The highest BCUT2D eigenvalue weighted by atomic mass is 15.2. The summed E-state index contributed by atoms with van der Waals surface area (Å²) in [6, 6.07) is 0.948. The van der Waals surface area contributed by atoms with Crippen molar-refractivity contribution < 1.29 is 0 Å². The second-order valence-electron chi connectivity index (χ2n) is 4.08. The van der Waals surface area contributed by atoms with Crippen molar-refractivity contribution in [1.29, 1.82) is 0 Å². The van der Waals surface area contributed by atoms with Crippen LogP contribution >= 0.6 is 0 Å². The van der Waals surface area contributed by atoms with Gasteiger partial charge in [0.05, 0.1) is 0 Å². The molecule has 1 fully saturated rings. The summed E-state index contributed by atoms with van der Waals surface area (Å²) in [5, 5.41) is 3.21. The fourth-order valence-corrected chi connectivity index (χ4v) is 1.74. The molecule has 0 radical (unpaired) electrons. The van der Waals surface area contributed by atoms with Gasteiger partial charge < -0.3 is 10.2 Å². The van der Waals surface area contributed by atoms with Gasteiger partial charge in [0.2, 0.25) is 0 Å². The minimum atomic E-state index is 0.948. The molecule has 78 valence electrons. The van der Waals surface area contributed by atoms with E-state index in [0.717, 1.165) is 12.6 Å². The second-order valence-corrected chi connectivity index (χ2v) is 4.08. The molecule has 1 saturated carbocycles. The van der Waals surface area contributed by atoms with Crippen LogP contribution in [-0.4, -0.2) is 37.6 Å². The topological polar surface area (TPSA) is 15.3 Å². The third-order valence-corrected chi connectivity index (χ3v) is 2.73. The van der Waals surface area contributed by atoms with Gasteiger partial charge >= 0.3 is 0 Å². The summed E-state index contributed by atoms with van der Waals surface area (Å²) in [4.78, 5) is 2.68. The summed E-state index contributed by atoms with van der Waals surface area (Å²) < 4.78 is 0. The first-order valence-corrected chi connectivity index (χ1v) is 5.77. The Bertz CT molecular complexity index is 121. The zero-order valence-corrected chi connectivity index (χ0v) is 9.18. The molecule has 0 aliphatic heterocycles. The van der Waals surface area contributed by atoms with E-state index in [2.05, 4.69) is 17.1 Å². The number of unbranched alkanes of at least 4 members (excludes halogenated alkanes) is 1. The molecular formula is C11H24N2. The quantitative estimate of drug-likeness (QED) is 0.579. The monoisotopic (exact) mass is 184 g/mol. The molecule has 2 heteroatoms. The van der Waals surface area contributed by atoms with Crippen molar-refractivity contribution in [3.8, 4) is 0 Å². The Morgan fingerprint density at radius 2 is 1.92 bits per heavy atom. The molecule has 0 atom stereocenters.